The number of phenolic OH excluding ortho intramolecular Hbond substituents is 1. The largest absolute Gasteiger partial charge is 0.507 e. The lowest BCUT2D eigenvalue weighted by Crippen LogP contribution is -2.03. The second-order valence-electron chi connectivity index (χ2n) is 7.21. The minimum absolute atomic E-state index is 0.110. The first-order chi connectivity index (χ1) is 13.2. The van der Waals surface area contributed by atoms with Crippen molar-refractivity contribution in [2.75, 3.05) is 0 Å². The third-order valence-corrected chi connectivity index (χ3v) is 5.59. The summed E-state index contributed by atoms with van der Waals surface area (Å²) in [7, 11) is 0. The Morgan fingerprint density at radius 3 is 1.78 bits per heavy atom. The summed E-state index contributed by atoms with van der Waals surface area (Å²) in [6.45, 7) is 4.34. The molecule has 1 heteroatoms. The maximum absolute atomic E-state index is 11.4. The van der Waals surface area contributed by atoms with Crippen LogP contribution in [-0.2, 0) is 0 Å². The van der Waals surface area contributed by atoms with E-state index in [2.05, 4.69) is 86.6 Å². The van der Waals surface area contributed by atoms with Gasteiger partial charge < -0.3 is 5.11 Å². The highest BCUT2D eigenvalue weighted by Gasteiger charge is 2.22. The van der Waals surface area contributed by atoms with Gasteiger partial charge >= 0.3 is 0 Å². The van der Waals surface area contributed by atoms with Gasteiger partial charge in [0.25, 0.3) is 0 Å². The van der Waals surface area contributed by atoms with Gasteiger partial charge in [-0.05, 0) is 28.0 Å². The fourth-order valence-electron chi connectivity index (χ4n) is 3.99. The van der Waals surface area contributed by atoms with E-state index in [4.69, 9.17) is 0 Å². The van der Waals surface area contributed by atoms with Crippen molar-refractivity contribution in [1.82, 2.24) is 0 Å². The number of rotatable bonds is 4. The third-order valence-electron chi connectivity index (χ3n) is 5.59. The monoisotopic (exact) mass is 352 g/mol. The summed E-state index contributed by atoms with van der Waals surface area (Å²) in [5.74, 6) is 0.651. The molecule has 4 aromatic carbocycles. The van der Waals surface area contributed by atoms with Gasteiger partial charge in [-0.15, -0.1) is 0 Å². The van der Waals surface area contributed by atoms with Gasteiger partial charge in [0.15, 0.2) is 0 Å². The highest BCUT2D eigenvalue weighted by atomic mass is 16.3. The van der Waals surface area contributed by atoms with Crippen molar-refractivity contribution >= 4 is 10.8 Å². The summed E-state index contributed by atoms with van der Waals surface area (Å²) < 4.78 is 0. The van der Waals surface area contributed by atoms with Crippen LogP contribution in [0.25, 0.3) is 10.8 Å². The van der Waals surface area contributed by atoms with Crippen molar-refractivity contribution in [2.45, 2.75) is 25.7 Å². The Bertz CT molecular complexity index is 1050. The van der Waals surface area contributed by atoms with Crippen LogP contribution in [0, 0.1) is 0 Å². The van der Waals surface area contributed by atoms with Gasteiger partial charge in [-0.1, -0.05) is 98.8 Å². The van der Waals surface area contributed by atoms with Crippen LogP contribution in [0.15, 0.2) is 91.0 Å². The van der Waals surface area contributed by atoms with Crippen molar-refractivity contribution in [3.05, 3.63) is 113 Å². The Kier molecular flexibility index (Phi) is 4.68. The first kappa shape index (κ1) is 17.4. The zero-order chi connectivity index (χ0) is 18.8. The second-order valence-corrected chi connectivity index (χ2v) is 7.21. The number of benzene rings is 4. The molecule has 0 aromatic heterocycles. The normalized spacial score (nSPS) is 13.4. The smallest absolute Gasteiger partial charge is 0.123 e. The molecule has 4 aromatic rings. The average Bonchev–Trinajstić information content (AvgIpc) is 2.73. The average molecular weight is 352 g/mol. The van der Waals surface area contributed by atoms with Crippen molar-refractivity contribution < 1.29 is 5.11 Å². The SMILES string of the molecule is CC(c1ccccc1)c1cc2ccccc2c(C(C)c2ccccc2)c1O. The van der Waals surface area contributed by atoms with E-state index in [1.807, 2.05) is 18.2 Å². The van der Waals surface area contributed by atoms with Crippen molar-refractivity contribution in [1.29, 1.82) is 0 Å². The quantitative estimate of drug-likeness (QED) is 0.426. The Morgan fingerprint density at radius 1 is 0.630 bits per heavy atom. The lowest BCUT2D eigenvalue weighted by molar-refractivity contribution is 0.458. The first-order valence-corrected chi connectivity index (χ1v) is 9.51. The van der Waals surface area contributed by atoms with Crippen LogP contribution < -0.4 is 0 Å². The fourth-order valence-corrected chi connectivity index (χ4v) is 3.99. The van der Waals surface area contributed by atoms with Gasteiger partial charge in [0.05, 0.1) is 0 Å². The summed E-state index contributed by atoms with van der Waals surface area (Å²) >= 11 is 0. The van der Waals surface area contributed by atoms with Crippen LogP contribution >= 0.6 is 0 Å². The maximum Gasteiger partial charge on any atom is 0.123 e. The van der Waals surface area contributed by atoms with Crippen molar-refractivity contribution in [3.63, 3.8) is 0 Å². The Balaban J connectivity index is 1.93. The topological polar surface area (TPSA) is 20.2 Å². The standard InChI is InChI=1S/C26H24O/c1-18(20-11-5-3-6-12-20)24-17-22-15-9-10-16-23(22)25(26(24)27)19(2)21-13-7-4-8-14-21/h3-19,27H,1-2H3. The van der Waals surface area contributed by atoms with Gasteiger partial charge in [0, 0.05) is 23.0 Å². The molecule has 1 nitrogen and oxygen atoms in total. The van der Waals surface area contributed by atoms with Gasteiger partial charge in [-0.2, -0.15) is 0 Å². The van der Waals surface area contributed by atoms with Gasteiger partial charge in [-0.3, -0.25) is 0 Å². The molecule has 0 spiro atoms. The molecule has 0 radical (unpaired) electrons. The highest BCUT2D eigenvalue weighted by molar-refractivity contribution is 5.90. The van der Waals surface area contributed by atoms with Crippen molar-refractivity contribution in [3.8, 4) is 5.75 Å². The van der Waals surface area contributed by atoms with E-state index in [1.165, 1.54) is 16.5 Å². The molecule has 0 heterocycles. The van der Waals surface area contributed by atoms with Crippen LogP contribution in [-0.4, -0.2) is 5.11 Å². The molecule has 4 rings (SSSR count). The fraction of sp³-hybridized carbons (Fsp3) is 0.154. The molecule has 27 heavy (non-hydrogen) atoms. The van der Waals surface area contributed by atoms with Crippen molar-refractivity contribution in [2.24, 2.45) is 0 Å². The third kappa shape index (κ3) is 3.21. The summed E-state index contributed by atoms with van der Waals surface area (Å²) in [5, 5.41) is 13.6. The molecule has 2 unspecified atom stereocenters. The predicted octanol–water partition coefficient (Wildman–Crippen LogP) is 6.85. The van der Waals surface area contributed by atoms with E-state index in [9.17, 15) is 5.11 Å². The molecule has 0 aliphatic carbocycles. The molecule has 134 valence electrons. The number of fused-ring (bicyclic) bond motifs is 1. The molecule has 2 atom stereocenters. The van der Waals surface area contributed by atoms with Gasteiger partial charge in [-0.25, -0.2) is 0 Å². The van der Waals surface area contributed by atoms with Crippen LogP contribution in [0.1, 0.15) is 47.9 Å². The zero-order valence-corrected chi connectivity index (χ0v) is 15.8. The maximum atomic E-state index is 11.4. The van der Waals surface area contributed by atoms with Gasteiger partial charge in [0.2, 0.25) is 0 Å². The molecule has 0 saturated heterocycles. The summed E-state index contributed by atoms with van der Waals surface area (Å²) in [4.78, 5) is 0. The molecule has 0 aliphatic rings. The Morgan fingerprint density at radius 2 is 1.15 bits per heavy atom. The van der Waals surface area contributed by atoms with E-state index in [0.717, 1.165) is 16.5 Å². The number of hydrogen-bond donors (Lipinski definition) is 1. The van der Waals surface area contributed by atoms with E-state index in [-0.39, 0.29) is 11.8 Å². The Hall–Kier alpha value is -3.06. The van der Waals surface area contributed by atoms with Crippen LogP contribution in [0.5, 0.6) is 5.75 Å². The lowest BCUT2D eigenvalue weighted by Gasteiger charge is -2.22. The number of aromatic hydroxyl groups is 1. The van der Waals surface area contributed by atoms with E-state index in [0.29, 0.717) is 5.75 Å². The molecule has 0 aliphatic heterocycles. The molecule has 0 amide bonds. The molecule has 0 saturated carbocycles. The highest BCUT2D eigenvalue weighted by Crippen LogP contribution is 2.43. The Labute approximate surface area is 160 Å². The van der Waals surface area contributed by atoms with E-state index >= 15 is 0 Å². The first-order valence-electron chi connectivity index (χ1n) is 9.51. The lowest BCUT2D eigenvalue weighted by atomic mass is 9.83. The minimum Gasteiger partial charge on any atom is -0.507 e. The number of hydrogen-bond acceptors (Lipinski definition) is 1. The zero-order valence-electron chi connectivity index (χ0n) is 15.8. The molecule has 0 bridgehead atoms. The van der Waals surface area contributed by atoms with Crippen LogP contribution in [0.2, 0.25) is 0 Å². The number of phenols is 1. The van der Waals surface area contributed by atoms with E-state index < -0.39 is 0 Å². The summed E-state index contributed by atoms with van der Waals surface area (Å²) in [5.41, 5.74) is 4.42. The van der Waals surface area contributed by atoms with Gasteiger partial charge in [0.1, 0.15) is 5.75 Å². The molecule has 0 fully saturated rings. The van der Waals surface area contributed by atoms with Crippen LogP contribution in [0.4, 0.5) is 0 Å². The molecular weight excluding hydrogens is 328 g/mol. The minimum atomic E-state index is 0.110. The predicted molar refractivity (Wildman–Crippen MR) is 114 cm³/mol. The van der Waals surface area contributed by atoms with E-state index in [1.54, 1.807) is 0 Å². The molecule has 1 N–H and O–H groups in total. The second kappa shape index (κ2) is 7.28. The summed E-state index contributed by atoms with van der Waals surface area (Å²) in [6.07, 6.45) is 0. The summed E-state index contributed by atoms with van der Waals surface area (Å²) in [6, 6.07) is 31.3. The van der Waals surface area contributed by atoms with Crippen LogP contribution in [0.3, 0.4) is 0 Å². The molecular formula is C26H24O.